The minimum absolute atomic E-state index is 0.0302. The number of amides is 3. The molecular formula is C26H26F2N6O2. The Hall–Kier alpha value is -4.47. The average molecular weight is 493 g/mol. The monoisotopic (exact) mass is 492 g/mol. The number of anilines is 2. The van der Waals surface area contributed by atoms with E-state index in [-0.39, 0.29) is 30.9 Å². The number of nitrogen functional groups attached to an aromatic ring is 1. The molecule has 1 fully saturated rings. The van der Waals surface area contributed by atoms with E-state index in [0.29, 0.717) is 23.5 Å². The van der Waals surface area contributed by atoms with E-state index < -0.39 is 17.2 Å². The fourth-order valence-corrected chi connectivity index (χ4v) is 4.04. The molecule has 10 heteroatoms. The number of nitrogens with one attached hydrogen (secondary N) is 4. The summed E-state index contributed by atoms with van der Waals surface area (Å²) >= 11 is 0. The molecule has 1 heterocycles. The number of carbonyl (C=O) groups excluding carboxylic acids is 2. The van der Waals surface area contributed by atoms with Crippen LogP contribution in [-0.2, 0) is 24.3 Å². The first-order valence-electron chi connectivity index (χ1n) is 11.2. The molecule has 0 saturated carbocycles. The van der Waals surface area contributed by atoms with Crippen molar-refractivity contribution in [3.8, 4) is 0 Å². The third-order valence-corrected chi connectivity index (χ3v) is 5.85. The number of hydrogen-bond acceptors (Lipinski definition) is 4. The SMILES string of the molecule is C[C@]1(Cc2cc(F)cc(F)c2)NC(=N)N(Cc2ccc(CNC(=O)Nc3ccc(N)cc3)cc2)C1=O. The van der Waals surface area contributed by atoms with Crippen molar-refractivity contribution in [1.29, 1.82) is 5.41 Å². The summed E-state index contributed by atoms with van der Waals surface area (Å²) in [5.74, 6) is -1.88. The van der Waals surface area contributed by atoms with E-state index in [1.165, 1.54) is 17.0 Å². The molecule has 1 saturated heterocycles. The molecule has 1 aliphatic rings. The first kappa shape index (κ1) is 24.6. The number of rotatable bonds is 7. The van der Waals surface area contributed by atoms with E-state index in [1.54, 1.807) is 31.2 Å². The van der Waals surface area contributed by atoms with Crippen LogP contribution in [0.1, 0.15) is 23.6 Å². The van der Waals surface area contributed by atoms with Crippen molar-refractivity contribution in [2.24, 2.45) is 0 Å². The number of nitrogens with zero attached hydrogens (tertiary/aromatic N) is 1. The highest BCUT2D eigenvalue weighted by Gasteiger charge is 2.45. The van der Waals surface area contributed by atoms with Gasteiger partial charge in [-0.05, 0) is 60.0 Å². The fraction of sp³-hybridized carbons (Fsp3) is 0.192. The molecule has 0 radical (unpaired) electrons. The van der Waals surface area contributed by atoms with Crippen LogP contribution in [0.2, 0.25) is 0 Å². The van der Waals surface area contributed by atoms with Crippen molar-refractivity contribution in [1.82, 2.24) is 15.5 Å². The highest BCUT2D eigenvalue weighted by molar-refractivity contribution is 6.07. The van der Waals surface area contributed by atoms with Crippen molar-refractivity contribution >= 4 is 29.3 Å². The Bertz CT molecular complexity index is 1280. The number of guanidine groups is 1. The van der Waals surface area contributed by atoms with E-state index in [4.69, 9.17) is 11.1 Å². The molecule has 4 rings (SSSR count). The maximum Gasteiger partial charge on any atom is 0.319 e. The van der Waals surface area contributed by atoms with Crippen molar-refractivity contribution in [2.45, 2.75) is 32.0 Å². The molecule has 186 valence electrons. The summed E-state index contributed by atoms with van der Waals surface area (Å²) in [6, 6.07) is 16.8. The number of benzene rings is 3. The Kier molecular flexibility index (Phi) is 6.86. The lowest BCUT2D eigenvalue weighted by molar-refractivity contribution is -0.130. The summed E-state index contributed by atoms with van der Waals surface area (Å²) in [6.07, 6.45) is 0.0302. The number of hydrogen-bond donors (Lipinski definition) is 5. The minimum atomic E-state index is -1.20. The van der Waals surface area contributed by atoms with Gasteiger partial charge in [-0.25, -0.2) is 13.6 Å². The van der Waals surface area contributed by atoms with Gasteiger partial charge in [0.2, 0.25) is 0 Å². The highest BCUT2D eigenvalue weighted by atomic mass is 19.1. The van der Waals surface area contributed by atoms with Crippen molar-refractivity contribution in [3.05, 3.63) is 95.1 Å². The summed E-state index contributed by atoms with van der Waals surface area (Å²) in [6.45, 7) is 2.06. The summed E-state index contributed by atoms with van der Waals surface area (Å²) in [5, 5.41) is 16.6. The van der Waals surface area contributed by atoms with E-state index in [2.05, 4.69) is 16.0 Å². The first-order chi connectivity index (χ1) is 17.1. The van der Waals surface area contributed by atoms with E-state index in [0.717, 1.165) is 17.2 Å². The molecule has 0 aromatic heterocycles. The lowest BCUT2D eigenvalue weighted by Gasteiger charge is -2.22. The van der Waals surface area contributed by atoms with Gasteiger partial charge in [-0.2, -0.15) is 0 Å². The van der Waals surface area contributed by atoms with Crippen molar-refractivity contribution in [3.63, 3.8) is 0 Å². The van der Waals surface area contributed by atoms with E-state index in [1.807, 2.05) is 24.3 Å². The predicted octanol–water partition coefficient (Wildman–Crippen LogP) is 3.74. The molecule has 3 amide bonds. The third kappa shape index (κ3) is 5.77. The van der Waals surface area contributed by atoms with Crippen LogP contribution in [-0.4, -0.2) is 28.3 Å². The largest absolute Gasteiger partial charge is 0.399 e. The van der Waals surface area contributed by atoms with Crippen LogP contribution in [0.5, 0.6) is 0 Å². The normalized spacial score (nSPS) is 17.1. The molecule has 0 bridgehead atoms. The number of urea groups is 1. The van der Waals surface area contributed by atoms with Gasteiger partial charge >= 0.3 is 6.03 Å². The van der Waals surface area contributed by atoms with Gasteiger partial charge in [0.15, 0.2) is 5.96 Å². The first-order valence-corrected chi connectivity index (χ1v) is 11.2. The summed E-state index contributed by atoms with van der Waals surface area (Å²) in [7, 11) is 0. The molecule has 36 heavy (non-hydrogen) atoms. The van der Waals surface area contributed by atoms with Crippen molar-refractivity contribution < 1.29 is 18.4 Å². The fourth-order valence-electron chi connectivity index (χ4n) is 4.04. The minimum Gasteiger partial charge on any atom is -0.399 e. The second-order valence-electron chi connectivity index (χ2n) is 8.90. The van der Waals surface area contributed by atoms with Gasteiger partial charge in [0, 0.05) is 30.4 Å². The van der Waals surface area contributed by atoms with Gasteiger partial charge < -0.3 is 21.7 Å². The topological polar surface area (TPSA) is 123 Å². The molecular weight excluding hydrogens is 466 g/mol. The van der Waals surface area contributed by atoms with Crippen LogP contribution in [0.25, 0.3) is 0 Å². The summed E-state index contributed by atoms with van der Waals surface area (Å²) in [5.41, 5.74) is 7.63. The van der Waals surface area contributed by atoms with Crippen molar-refractivity contribution in [2.75, 3.05) is 11.1 Å². The Balaban J connectivity index is 1.33. The molecule has 3 aromatic rings. The van der Waals surface area contributed by atoms with Crippen LogP contribution in [0.15, 0.2) is 66.7 Å². The summed E-state index contributed by atoms with van der Waals surface area (Å²) in [4.78, 5) is 26.5. The molecule has 3 aromatic carbocycles. The lowest BCUT2D eigenvalue weighted by Crippen LogP contribution is -2.46. The van der Waals surface area contributed by atoms with Crippen LogP contribution < -0.4 is 21.7 Å². The Morgan fingerprint density at radius 1 is 1.00 bits per heavy atom. The molecule has 0 spiro atoms. The highest BCUT2D eigenvalue weighted by Crippen LogP contribution is 2.24. The number of carbonyl (C=O) groups is 2. The molecule has 8 nitrogen and oxygen atoms in total. The second-order valence-corrected chi connectivity index (χ2v) is 8.90. The predicted molar refractivity (Wildman–Crippen MR) is 133 cm³/mol. The molecule has 6 N–H and O–H groups in total. The molecule has 0 unspecified atom stereocenters. The quantitative estimate of drug-likeness (QED) is 0.323. The van der Waals surface area contributed by atoms with Crippen LogP contribution >= 0.6 is 0 Å². The van der Waals surface area contributed by atoms with Gasteiger partial charge in [-0.1, -0.05) is 24.3 Å². The van der Waals surface area contributed by atoms with Gasteiger partial charge in [0.25, 0.3) is 5.91 Å². The summed E-state index contributed by atoms with van der Waals surface area (Å²) < 4.78 is 27.2. The maximum atomic E-state index is 13.6. The molecule has 1 atom stereocenters. The molecule has 0 aliphatic carbocycles. The Labute approximate surface area is 207 Å². The van der Waals surface area contributed by atoms with Gasteiger partial charge in [0.05, 0.1) is 6.54 Å². The van der Waals surface area contributed by atoms with Crippen LogP contribution in [0.3, 0.4) is 0 Å². The van der Waals surface area contributed by atoms with Crippen LogP contribution in [0.4, 0.5) is 25.0 Å². The number of halogens is 2. The number of nitrogens with two attached hydrogens (primary N) is 1. The lowest BCUT2D eigenvalue weighted by atomic mass is 9.92. The van der Waals surface area contributed by atoms with Gasteiger partial charge in [-0.15, -0.1) is 0 Å². The Morgan fingerprint density at radius 2 is 1.61 bits per heavy atom. The third-order valence-electron chi connectivity index (χ3n) is 5.85. The molecule has 1 aliphatic heterocycles. The van der Waals surface area contributed by atoms with Gasteiger partial charge in [0.1, 0.15) is 17.2 Å². The van der Waals surface area contributed by atoms with Gasteiger partial charge in [-0.3, -0.25) is 15.1 Å². The second kappa shape index (κ2) is 10.0. The Morgan fingerprint density at radius 3 is 2.25 bits per heavy atom. The smallest absolute Gasteiger partial charge is 0.319 e. The maximum absolute atomic E-state index is 13.6. The van der Waals surface area contributed by atoms with Crippen LogP contribution in [0, 0.1) is 17.0 Å². The average Bonchev–Trinajstić information content (AvgIpc) is 3.02. The zero-order chi connectivity index (χ0) is 25.9. The van der Waals surface area contributed by atoms with E-state index >= 15 is 0 Å². The zero-order valence-corrected chi connectivity index (χ0v) is 19.6. The van der Waals surface area contributed by atoms with E-state index in [9.17, 15) is 18.4 Å². The zero-order valence-electron chi connectivity index (χ0n) is 19.6. The standard InChI is InChI=1S/C26H26F2N6O2/c1-26(13-18-10-19(27)12-20(28)11-18)23(35)34(24(30)33-26)15-17-4-2-16(3-5-17)14-31-25(36)32-22-8-6-21(29)7-9-22/h2-12H,13-15,29H2,1H3,(H2,30,33)(H2,31,32,36)/t26-/m1/s1.